The number of hydrogen-bond acceptors (Lipinski definition) is 4. The number of carbonyl (C=O) groups is 1. The fourth-order valence-electron chi connectivity index (χ4n) is 1.25. The molecule has 83 valence electrons. The molecule has 0 spiro atoms. The molecule has 1 N–H and O–H groups in total. The van der Waals surface area contributed by atoms with E-state index in [-0.39, 0.29) is 12.5 Å². The van der Waals surface area contributed by atoms with Gasteiger partial charge in [-0.3, -0.25) is 4.79 Å². The first-order chi connectivity index (χ1) is 7.56. The van der Waals surface area contributed by atoms with Gasteiger partial charge in [0.25, 0.3) is 0 Å². The summed E-state index contributed by atoms with van der Waals surface area (Å²) >= 11 is 0. The van der Waals surface area contributed by atoms with Crippen molar-refractivity contribution in [3.8, 4) is 11.8 Å². The highest BCUT2D eigenvalue weighted by Crippen LogP contribution is 2.22. The maximum absolute atomic E-state index is 10.8. The summed E-state index contributed by atoms with van der Waals surface area (Å²) in [5.41, 5.74) is 1.04. The highest BCUT2D eigenvalue weighted by molar-refractivity contribution is 5.69. The average Bonchev–Trinajstić information content (AvgIpc) is 2.26. The first-order valence-electron chi connectivity index (χ1n) is 4.74. The van der Waals surface area contributed by atoms with E-state index in [4.69, 9.17) is 15.1 Å². The summed E-state index contributed by atoms with van der Waals surface area (Å²) in [4.78, 5) is 10.8. The third-order valence-corrected chi connectivity index (χ3v) is 2.01. The molecular formula is C12H12NO3. The molecule has 1 rings (SSSR count). The molecule has 0 amide bonds. The second kappa shape index (κ2) is 5.29. The van der Waals surface area contributed by atoms with Crippen molar-refractivity contribution in [2.45, 2.75) is 12.8 Å². The van der Waals surface area contributed by atoms with Crippen molar-refractivity contribution in [2.24, 2.45) is 0 Å². The summed E-state index contributed by atoms with van der Waals surface area (Å²) in [7, 11) is 0. The van der Waals surface area contributed by atoms with E-state index in [1.807, 2.05) is 6.07 Å². The van der Waals surface area contributed by atoms with E-state index in [1.165, 1.54) is 13.0 Å². The van der Waals surface area contributed by atoms with Crippen molar-refractivity contribution >= 4 is 5.97 Å². The normalized spacial score (nSPS) is 11.6. The zero-order valence-electron chi connectivity index (χ0n) is 8.93. The van der Waals surface area contributed by atoms with Crippen LogP contribution in [0.25, 0.3) is 0 Å². The number of nitrogens with zero attached hydrogens (tertiary/aromatic N) is 1. The van der Waals surface area contributed by atoms with Crippen molar-refractivity contribution in [3.63, 3.8) is 0 Å². The fourth-order valence-corrected chi connectivity index (χ4v) is 1.25. The van der Waals surface area contributed by atoms with E-state index in [9.17, 15) is 4.79 Å². The van der Waals surface area contributed by atoms with Gasteiger partial charge in [0, 0.05) is 19.4 Å². The molecule has 16 heavy (non-hydrogen) atoms. The average molecular weight is 218 g/mol. The number of nitriles is 1. The zero-order chi connectivity index (χ0) is 12.1. The van der Waals surface area contributed by atoms with Gasteiger partial charge < -0.3 is 9.84 Å². The number of rotatable bonds is 3. The second-order valence-corrected chi connectivity index (χ2v) is 3.38. The van der Waals surface area contributed by atoms with Crippen LogP contribution in [0.4, 0.5) is 0 Å². The molecular weight excluding hydrogens is 206 g/mol. The molecule has 4 nitrogen and oxygen atoms in total. The van der Waals surface area contributed by atoms with Crippen LogP contribution >= 0.6 is 0 Å². The molecule has 1 aromatic carbocycles. The summed E-state index contributed by atoms with van der Waals surface area (Å²) in [5.74, 6) is -0.503. The van der Waals surface area contributed by atoms with Crippen LogP contribution < -0.4 is 4.74 Å². The minimum Gasteiger partial charge on any atom is -0.427 e. The van der Waals surface area contributed by atoms with Gasteiger partial charge in [-0.05, 0) is 30.7 Å². The molecule has 0 aliphatic heterocycles. The second-order valence-electron chi connectivity index (χ2n) is 3.38. The summed E-state index contributed by atoms with van der Waals surface area (Å²) < 4.78 is 4.89. The number of aliphatic hydroxyl groups is 1. The van der Waals surface area contributed by atoms with Crippen LogP contribution in [0.3, 0.4) is 0 Å². The molecule has 0 aliphatic rings. The van der Waals surface area contributed by atoms with Gasteiger partial charge in [0.1, 0.15) is 5.75 Å². The molecule has 0 heterocycles. The van der Waals surface area contributed by atoms with Gasteiger partial charge in [0.15, 0.2) is 0 Å². The minimum atomic E-state index is -0.453. The maximum atomic E-state index is 10.8. The lowest BCUT2D eigenvalue weighted by molar-refractivity contribution is -0.131. The van der Waals surface area contributed by atoms with Crippen LogP contribution in [0.1, 0.15) is 24.0 Å². The van der Waals surface area contributed by atoms with Crippen LogP contribution in [0, 0.1) is 18.3 Å². The van der Waals surface area contributed by atoms with E-state index < -0.39 is 5.97 Å². The number of esters is 1. The summed E-state index contributed by atoms with van der Waals surface area (Å²) in [5, 5.41) is 17.8. The van der Waals surface area contributed by atoms with E-state index in [0.717, 1.165) is 0 Å². The van der Waals surface area contributed by atoms with Crippen molar-refractivity contribution < 1.29 is 14.6 Å². The Morgan fingerprint density at radius 1 is 1.62 bits per heavy atom. The standard InChI is InChI=1S/C12H12NO3/c1-8(7-14)11-3-10(6-13)4-12(5-11)16-9(2)15/h3-5,8,14H,1,7H2,2H3. The van der Waals surface area contributed by atoms with Gasteiger partial charge in [-0.1, -0.05) is 0 Å². The third-order valence-electron chi connectivity index (χ3n) is 2.01. The van der Waals surface area contributed by atoms with Crippen molar-refractivity contribution in [1.82, 2.24) is 0 Å². The van der Waals surface area contributed by atoms with Gasteiger partial charge in [-0.15, -0.1) is 0 Å². The van der Waals surface area contributed by atoms with Crippen LogP contribution in [-0.2, 0) is 4.79 Å². The Morgan fingerprint density at radius 3 is 2.81 bits per heavy atom. The van der Waals surface area contributed by atoms with Crippen LogP contribution in [0.15, 0.2) is 18.2 Å². The van der Waals surface area contributed by atoms with Gasteiger partial charge in [-0.25, -0.2) is 0 Å². The number of ether oxygens (including phenoxy) is 1. The first kappa shape index (κ1) is 12.2. The van der Waals surface area contributed by atoms with Crippen molar-refractivity contribution in [1.29, 1.82) is 5.26 Å². The van der Waals surface area contributed by atoms with Gasteiger partial charge in [0.2, 0.25) is 0 Å². The van der Waals surface area contributed by atoms with Crippen LogP contribution in [0.5, 0.6) is 5.75 Å². The lowest BCUT2D eigenvalue weighted by Crippen LogP contribution is -2.04. The van der Waals surface area contributed by atoms with E-state index in [1.54, 1.807) is 12.1 Å². The highest BCUT2D eigenvalue weighted by Gasteiger charge is 2.09. The molecule has 0 saturated heterocycles. The molecule has 0 aliphatic carbocycles. The van der Waals surface area contributed by atoms with E-state index in [2.05, 4.69) is 6.92 Å². The Labute approximate surface area is 94.1 Å². The number of hydrogen-bond donors (Lipinski definition) is 1. The Kier molecular flexibility index (Phi) is 4.03. The molecule has 0 saturated carbocycles. The topological polar surface area (TPSA) is 70.3 Å². The molecule has 0 bridgehead atoms. The minimum absolute atomic E-state index is 0.131. The summed E-state index contributed by atoms with van der Waals surface area (Å²) in [6, 6.07) is 6.63. The van der Waals surface area contributed by atoms with E-state index in [0.29, 0.717) is 16.9 Å². The quantitative estimate of drug-likeness (QED) is 0.614. The first-order valence-corrected chi connectivity index (χ1v) is 4.74. The fraction of sp³-hybridized carbons (Fsp3) is 0.250. The predicted molar refractivity (Wildman–Crippen MR) is 57.6 cm³/mol. The molecule has 1 radical (unpaired) electrons. The molecule has 1 atom stereocenters. The lowest BCUT2D eigenvalue weighted by atomic mass is 10.00. The van der Waals surface area contributed by atoms with Crippen molar-refractivity contribution in [3.05, 3.63) is 36.2 Å². The SMILES string of the molecule is [CH2]C(CO)c1cc(C#N)cc(OC(C)=O)c1. The number of aliphatic hydroxyl groups excluding tert-OH is 1. The van der Waals surface area contributed by atoms with Crippen molar-refractivity contribution in [2.75, 3.05) is 6.61 Å². The van der Waals surface area contributed by atoms with Gasteiger partial charge in [0.05, 0.1) is 11.6 Å². The maximum Gasteiger partial charge on any atom is 0.308 e. The highest BCUT2D eigenvalue weighted by atomic mass is 16.5. The molecule has 1 aromatic rings. The summed E-state index contributed by atoms with van der Waals surface area (Å²) in [6.45, 7) is 4.88. The Morgan fingerprint density at radius 2 is 2.31 bits per heavy atom. The third kappa shape index (κ3) is 3.07. The number of carbonyl (C=O) groups excluding carboxylic acids is 1. The van der Waals surface area contributed by atoms with Gasteiger partial charge in [-0.2, -0.15) is 5.26 Å². The lowest BCUT2D eigenvalue weighted by Gasteiger charge is -2.10. The molecule has 0 aromatic heterocycles. The predicted octanol–water partition coefficient (Wildman–Crippen LogP) is 1.39. The Hall–Kier alpha value is -1.86. The molecule has 1 unspecified atom stereocenters. The molecule has 4 heteroatoms. The Balaban J connectivity index is 3.11. The smallest absolute Gasteiger partial charge is 0.308 e. The Bertz CT molecular complexity index is 434. The van der Waals surface area contributed by atoms with Crippen LogP contribution in [0.2, 0.25) is 0 Å². The monoisotopic (exact) mass is 218 g/mol. The number of benzene rings is 1. The largest absolute Gasteiger partial charge is 0.427 e. The zero-order valence-corrected chi connectivity index (χ0v) is 8.93. The molecule has 0 fully saturated rings. The van der Waals surface area contributed by atoms with Gasteiger partial charge >= 0.3 is 5.97 Å². The summed E-state index contributed by atoms with van der Waals surface area (Å²) in [6.07, 6.45) is 0. The van der Waals surface area contributed by atoms with E-state index >= 15 is 0 Å². The van der Waals surface area contributed by atoms with Crippen LogP contribution in [-0.4, -0.2) is 17.7 Å².